The van der Waals surface area contributed by atoms with Crippen molar-refractivity contribution >= 4 is 18.5 Å². The Kier molecular flexibility index (Phi) is 18.0. The van der Waals surface area contributed by atoms with Gasteiger partial charge in [0.2, 0.25) is 5.91 Å². The largest absolute Gasteiger partial charge is 0.356 e. The van der Waals surface area contributed by atoms with Crippen molar-refractivity contribution in [3.8, 4) is 0 Å². The summed E-state index contributed by atoms with van der Waals surface area (Å²) in [5.41, 5.74) is 0. The number of hydrogen-bond acceptors (Lipinski definition) is 3. The highest BCUT2D eigenvalue weighted by Crippen LogP contribution is 2.10. The molecule has 0 aliphatic rings. The third-order valence-electron chi connectivity index (χ3n) is 4.37. The lowest BCUT2D eigenvalue weighted by atomic mass is 10.1. The molecule has 0 aromatic rings. The molecule has 2 N–H and O–H groups in total. The van der Waals surface area contributed by atoms with Crippen LogP contribution in [0.1, 0.15) is 90.9 Å². The quantitative estimate of drug-likeness (QED) is 0.264. The second-order valence-electron chi connectivity index (χ2n) is 6.62. The van der Waals surface area contributed by atoms with Crippen molar-refractivity contribution in [2.75, 3.05) is 18.8 Å². The number of carbonyl (C=O) groups excluding carboxylic acids is 1. The highest BCUT2D eigenvalue weighted by Gasteiger charge is 1.98. The van der Waals surface area contributed by atoms with Crippen molar-refractivity contribution in [3.05, 3.63) is 0 Å². The fourth-order valence-corrected chi connectivity index (χ4v) is 2.78. The van der Waals surface area contributed by atoms with Crippen LogP contribution in [0.15, 0.2) is 0 Å². The molecule has 0 saturated carbocycles. The average Bonchev–Trinajstić information content (AvgIpc) is 2.55. The predicted molar refractivity (Wildman–Crippen MR) is 105 cm³/mol. The summed E-state index contributed by atoms with van der Waals surface area (Å²) in [5.74, 6) is 0.777. The molecule has 0 fully saturated rings. The van der Waals surface area contributed by atoms with Crippen molar-refractivity contribution in [2.45, 2.75) is 96.9 Å². The van der Waals surface area contributed by atoms with Crippen LogP contribution in [0.25, 0.3) is 0 Å². The lowest BCUT2D eigenvalue weighted by Gasteiger charge is -2.10. The van der Waals surface area contributed by atoms with Gasteiger partial charge in [-0.15, -0.1) is 0 Å². The molecule has 0 heterocycles. The molecule has 138 valence electrons. The van der Waals surface area contributed by atoms with Crippen LogP contribution in [-0.4, -0.2) is 30.8 Å². The average molecular weight is 345 g/mol. The minimum absolute atomic E-state index is 0.138. The van der Waals surface area contributed by atoms with Crippen LogP contribution in [0.5, 0.6) is 0 Å². The van der Waals surface area contributed by atoms with Gasteiger partial charge in [-0.2, -0.15) is 12.6 Å². The molecule has 0 saturated heterocycles. The Labute approximate surface area is 150 Å². The molecule has 3 nitrogen and oxygen atoms in total. The predicted octanol–water partition coefficient (Wildman–Crippen LogP) is 4.71. The van der Waals surface area contributed by atoms with Gasteiger partial charge in [-0.1, -0.05) is 58.3 Å². The molecule has 0 rings (SSSR count). The molecule has 1 amide bonds. The Bertz CT molecular complexity index is 262. The molecular formula is C19H40N2OS. The Morgan fingerprint density at radius 3 is 1.83 bits per heavy atom. The van der Waals surface area contributed by atoms with Crippen molar-refractivity contribution in [3.63, 3.8) is 0 Å². The zero-order valence-electron chi connectivity index (χ0n) is 15.5. The lowest BCUT2D eigenvalue weighted by Crippen LogP contribution is -2.25. The molecule has 0 radical (unpaired) electrons. The number of hydrogen-bond donors (Lipinski definition) is 3. The third kappa shape index (κ3) is 18.0. The molecule has 23 heavy (non-hydrogen) atoms. The zero-order valence-corrected chi connectivity index (χ0v) is 16.4. The molecule has 1 unspecified atom stereocenters. The summed E-state index contributed by atoms with van der Waals surface area (Å²) in [6.45, 7) is 6.50. The van der Waals surface area contributed by atoms with Crippen molar-refractivity contribution in [2.24, 2.45) is 0 Å². The van der Waals surface area contributed by atoms with Crippen LogP contribution in [-0.2, 0) is 4.79 Å². The van der Waals surface area contributed by atoms with Crippen LogP contribution in [0.2, 0.25) is 0 Å². The number of thiol groups is 1. The maximum Gasteiger partial charge on any atom is 0.220 e. The first kappa shape index (κ1) is 22.8. The summed E-state index contributed by atoms with van der Waals surface area (Å²) >= 11 is 4.05. The summed E-state index contributed by atoms with van der Waals surface area (Å²) in [4.78, 5) is 11.2. The molecule has 0 aliphatic carbocycles. The normalized spacial score (nSPS) is 12.3. The Hall–Kier alpha value is -0.220. The van der Waals surface area contributed by atoms with Crippen LogP contribution >= 0.6 is 12.6 Å². The molecule has 0 aromatic carbocycles. The second-order valence-corrected chi connectivity index (χ2v) is 7.07. The van der Waals surface area contributed by atoms with Gasteiger partial charge < -0.3 is 10.6 Å². The molecule has 0 aromatic heterocycles. The van der Waals surface area contributed by atoms with Gasteiger partial charge in [0.1, 0.15) is 0 Å². The Morgan fingerprint density at radius 1 is 0.870 bits per heavy atom. The SMILES string of the molecule is CCC(C)NCCCCCCCCCCCCNC(=O)CCS. The lowest BCUT2D eigenvalue weighted by molar-refractivity contribution is -0.120. The maximum atomic E-state index is 11.2. The van der Waals surface area contributed by atoms with E-state index in [9.17, 15) is 4.79 Å². The van der Waals surface area contributed by atoms with Gasteiger partial charge in [0, 0.05) is 19.0 Å². The van der Waals surface area contributed by atoms with E-state index in [1.165, 1.54) is 70.8 Å². The van der Waals surface area contributed by atoms with E-state index >= 15 is 0 Å². The third-order valence-corrected chi connectivity index (χ3v) is 4.59. The first-order chi connectivity index (χ1) is 11.2. The van der Waals surface area contributed by atoms with Crippen LogP contribution in [0.3, 0.4) is 0 Å². The fraction of sp³-hybridized carbons (Fsp3) is 0.947. The summed E-state index contributed by atoms with van der Waals surface area (Å²) in [7, 11) is 0. The number of amides is 1. The molecule has 4 heteroatoms. The number of nitrogens with one attached hydrogen (secondary N) is 2. The van der Waals surface area contributed by atoms with E-state index in [4.69, 9.17) is 0 Å². The summed E-state index contributed by atoms with van der Waals surface area (Å²) < 4.78 is 0. The summed E-state index contributed by atoms with van der Waals surface area (Å²) in [6, 6.07) is 0.673. The minimum Gasteiger partial charge on any atom is -0.356 e. The van der Waals surface area contributed by atoms with Crippen molar-refractivity contribution in [1.29, 1.82) is 0 Å². The van der Waals surface area contributed by atoms with E-state index in [1.807, 2.05) is 0 Å². The molecule has 0 aliphatic heterocycles. The molecule has 1 atom stereocenters. The Balaban J connectivity index is 3.07. The van der Waals surface area contributed by atoms with Crippen LogP contribution < -0.4 is 10.6 Å². The number of unbranched alkanes of at least 4 members (excludes halogenated alkanes) is 9. The molecular weight excluding hydrogens is 304 g/mol. The first-order valence-electron chi connectivity index (χ1n) is 9.81. The van der Waals surface area contributed by atoms with Crippen molar-refractivity contribution < 1.29 is 4.79 Å². The Morgan fingerprint density at radius 2 is 1.35 bits per heavy atom. The van der Waals surface area contributed by atoms with Gasteiger partial charge in [0.15, 0.2) is 0 Å². The molecule has 0 spiro atoms. The van der Waals surface area contributed by atoms with Crippen molar-refractivity contribution in [1.82, 2.24) is 10.6 Å². The smallest absolute Gasteiger partial charge is 0.220 e. The van der Waals surface area contributed by atoms with E-state index < -0.39 is 0 Å². The first-order valence-corrected chi connectivity index (χ1v) is 10.4. The topological polar surface area (TPSA) is 41.1 Å². The number of carbonyl (C=O) groups is 1. The highest BCUT2D eigenvalue weighted by molar-refractivity contribution is 7.80. The monoisotopic (exact) mass is 344 g/mol. The van der Waals surface area contributed by atoms with Gasteiger partial charge in [-0.05, 0) is 38.5 Å². The minimum atomic E-state index is 0.138. The summed E-state index contributed by atoms with van der Waals surface area (Å²) in [5, 5.41) is 6.49. The maximum absolute atomic E-state index is 11.2. The van der Waals surface area contributed by atoms with Gasteiger partial charge >= 0.3 is 0 Å². The van der Waals surface area contributed by atoms with Gasteiger partial charge in [0.25, 0.3) is 0 Å². The van der Waals surface area contributed by atoms with Gasteiger partial charge in [-0.25, -0.2) is 0 Å². The van der Waals surface area contributed by atoms with E-state index in [1.54, 1.807) is 0 Å². The van der Waals surface area contributed by atoms with Crippen LogP contribution in [0.4, 0.5) is 0 Å². The van der Waals surface area contributed by atoms with E-state index in [0.29, 0.717) is 18.2 Å². The number of rotatable bonds is 17. The summed E-state index contributed by atoms with van der Waals surface area (Å²) in [6.07, 6.45) is 15.0. The van der Waals surface area contributed by atoms with Gasteiger partial charge in [0.05, 0.1) is 0 Å². The fourth-order valence-electron chi connectivity index (χ4n) is 2.57. The van der Waals surface area contributed by atoms with Crippen LogP contribution in [0, 0.1) is 0 Å². The zero-order chi connectivity index (χ0) is 17.2. The molecule has 0 bridgehead atoms. The highest BCUT2D eigenvalue weighted by atomic mass is 32.1. The second kappa shape index (κ2) is 18.1. The van der Waals surface area contributed by atoms with E-state index in [-0.39, 0.29) is 5.91 Å². The van der Waals surface area contributed by atoms with Gasteiger partial charge in [-0.3, -0.25) is 4.79 Å². The standard InChI is InChI=1S/C19H40N2OS/c1-3-18(2)20-15-12-10-8-6-4-5-7-9-11-13-16-21-19(22)14-17-23/h18,20,23H,3-17H2,1-2H3,(H,21,22). The van der Waals surface area contributed by atoms with E-state index in [0.717, 1.165) is 13.0 Å². The van der Waals surface area contributed by atoms with E-state index in [2.05, 4.69) is 37.1 Å².